The van der Waals surface area contributed by atoms with Gasteiger partial charge in [0, 0.05) is 35.7 Å². The first-order valence-corrected chi connectivity index (χ1v) is 13.1. The van der Waals surface area contributed by atoms with Gasteiger partial charge in [0.2, 0.25) is 10.3 Å². The maximum absolute atomic E-state index is 12.7. The summed E-state index contributed by atoms with van der Waals surface area (Å²) in [5.74, 6) is 1.07. The average molecular weight is 516 g/mol. The molecule has 1 N–H and O–H groups in total. The summed E-state index contributed by atoms with van der Waals surface area (Å²) in [6.07, 6.45) is 4.29. The smallest absolute Gasteiger partial charge is 0.268 e. The van der Waals surface area contributed by atoms with Crippen molar-refractivity contribution in [1.29, 1.82) is 5.26 Å². The summed E-state index contributed by atoms with van der Waals surface area (Å²) in [7, 11) is 0. The minimum absolute atomic E-state index is 0.000422. The van der Waals surface area contributed by atoms with Crippen LogP contribution in [0.15, 0.2) is 83.7 Å². The molecule has 0 saturated heterocycles. The number of ether oxygens (including phenoxy) is 1. The van der Waals surface area contributed by atoms with Gasteiger partial charge in [-0.25, -0.2) is 0 Å². The van der Waals surface area contributed by atoms with Crippen molar-refractivity contribution in [3.8, 4) is 11.8 Å². The molecule has 0 spiro atoms. The highest BCUT2D eigenvalue weighted by Crippen LogP contribution is 2.24. The first kappa shape index (κ1) is 25.2. The van der Waals surface area contributed by atoms with Gasteiger partial charge in [-0.2, -0.15) is 14.6 Å². The average Bonchev–Trinajstić information content (AvgIpc) is 3.54. The Kier molecular flexibility index (Phi) is 8.92. The molecule has 0 aliphatic rings. The highest BCUT2D eigenvalue weighted by molar-refractivity contribution is 7.98. The van der Waals surface area contributed by atoms with Gasteiger partial charge in [-0.3, -0.25) is 10.1 Å². The zero-order valence-electron chi connectivity index (χ0n) is 19.8. The molecule has 2 aromatic carbocycles. The Balaban J connectivity index is 1.30. The summed E-state index contributed by atoms with van der Waals surface area (Å²) in [5, 5.41) is 13.2. The van der Waals surface area contributed by atoms with Crippen LogP contribution >= 0.6 is 23.3 Å². The van der Waals surface area contributed by atoms with Gasteiger partial charge in [0.25, 0.3) is 5.91 Å². The van der Waals surface area contributed by atoms with E-state index in [1.54, 1.807) is 6.08 Å². The highest BCUT2D eigenvalue weighted by atomic mass is 32.2. The minimum Gasteiger partial charge on any atom is -0.494 e. The van der Waals surface area contributed by atoms with Crippen LogP contribution in [0.3, 0.4) is 0 Å². The number of rotatable bonds is 11. The first-order valence-electron chi connectivity index (χ1n) is 11.4. The van der Waals surface area contributed by atoms with Crippen LogP contribution in [0, 0.1) is 18.3 Å². The molecule has 2 heterocycles. The number of hydrogen-bond donors (Lipinski definition) is 1. The number of nitrogens with one attached hydrogen (secondary N) is 1. The molecule has 0 unspecified atom stereocenters. The third-order valence-corrected chi connectivity index (χ3v) is 6.86. The molecule has 4 rings (SSSR count). The van der Waals surface area contributed by atoms with Crippen molar-refractivity contribution >= 4 is 40.4 Å². The Hall–Kier alpha value is -3.87. The van der Waals surface area contributed by atoms with Crippen molar-refractivity contribution in [1.82, 2.24) is 13.9 Å². The predicted molar refractivity (Wildman–Crippen MR) is 144 cm³/mol. The van der Waals surface area contributed by atoms with Gasteiger partial charge in [-0.15, -0.1) is 0 Å². The molecule has 0 aliphatic heterocycles. The van der Waals surface area contributed by atoms with E-state index < -0.39 is 5.91 Å². The molecule has 7 nitrogen and oxygen atoms in total. The number of aromatic nitrogens is 3. The van der Waals surface area contributed by atoms with Crippen molar-refractivity contribution in [3.63, 3.8) is 0 Å². The van der Waals surface area contributed by atoms with Crippen molar-refractivity contribution in [2.45, 2.75) is 30.8 Å². The lowest BCUT2D eigenvalue weighted by molar-refractivity contribution is -0.112. The number of nitriles is 1. The number of thioether (sulfide) groups is 1. The van der Waals surface area contributed by atoms with E-state index in [9.17, 15) is 10.1 Å². The second kappa shape index (κ2) is 12.7. The molecule has 0 bridgehead atoms. The van der Waals surface area contributed by atoms with Crippen LogP contribution in [0.2, 0.25) is 0 Å². The fraction of sp³-hybridized carbons (Fsp3) is 0.185. The van der Waals surface area contributed by atoms with Crippen LogP contribution in [-0.2, 0) is 17.1 Å². The zero-order valence-corrected chi connectivity index (χ0v) is 21.4. The molecular weight excluding hydrogens is 490 g/mol. The van der Waals surface area contributed by atoms with E-state index in [-0.39, 0.29) is 5.57 Å². The quantitative estimate of drug-likeness (QED) is 0.115. The Bertz CT molecular complexity index is 1350. The summed E-state index contributed by atoms with van der Waals surface area (Å²) in [6, 6.07) is 23.7. The number of hydrogen-bond acceptors (Lipinski definition) is 7. The lowest BCUT2D eigenvalue weighted by atomic mass is 10.2. The maximum atomic E-state index is 12.7. The van der Waals surface area contributed by atoms with Gasteiger partial charge in [-0.1, -0.05) is 59.8 Å². The van der Waals surface area contributed by atoms with Crippen LogP contribution in [0.25, 0.3) is 6.08 Å². The number of aryl methyl sites for hydroxylation is 2. The largest absolute Gasteiger partial charge is 0.494 e. The fourth-order valence-corrected chi connectivity index (χ4v) is 4.82. The number of carbonyl (C=O) groups excluding carboxylic acids is 1. The summed E-state index contributed by atoms with van der Waals surface area (Å²) in [4.78, 5) is 17.1. The van der Waals surface area contributed by atoms with E-state index in [1.807, 2.05) is 90.5 Å². The number of anilines is 1. The normalized spacial score (nSPS) is 11.2. The lowest BCUT2D eigenvalue weighted by Crippen LogP contribution is -2.13. The molecule has 0 aliphatic carbocycles. The summed E-state index contributed by atoms with van der Waals surface area (Å²) in [6.45, 7) is 3.30. The Morgan fingerprint density at radius 3 is 2.75 bits per heavy atom. The summed E-state index contributed by atoms with van der Waals surface area (Å²) < 4.78 is 12.1. The lowest BCUT2D eigenvalue weighted by Gasteiger charge is -2.09. The summed E-state index contributed by atoms with van der Waals surface area (Å²) in [5.41, 5.74) is 3.13. The molecule has 36 heavy (non-hydrogen) atoms. The van der Waals surface area contributed by atoms with Crippen LogP contribution in [0.1, 0.15) is 23.2 Å². The fourth-order valence-electron chi connectivity index (χ4n) is 3.32. The number of carbonyl (C=O) groups is 1. The van der Waals surface area contributed by atoms with Gasteiger partial charge in [-0.05, 0) is 49.2 Å². The molecule has 2 aromatic heterocycles. The van der Waals surface area contributed by atoms with E-state index in [0.717, 1.165) is 35.1 Å². The first-order chi connectivity index (χ1) is 17.6. The van der Waals surface area contributed by atoms with E-state index >= 15 is 0 Å². The second-order valence-electron chi connectivity index (χ2n) is 7.92. The van der Waals surface area contributed by atoms with E-state index in [1.165, 1.54) is 22.9 Å². The maximum Gasteiger partial charge on any atom is 0.268 e. The third-order valence-electron chi connectivity index (χ3n) is 5.19. The van der Waals surface area contributed by atoms with Crippen LogP contribution < -0.4 is 10.1 Å². The molecule has 9 heteroatoms. The highest BCUT2D eigenvalue weighted by Gasteiger charge is 2.14. The van der Waals surface area contributed by atoms with Crippen LogP contribution in [0.5, 0.6) is 5.75 Å². The Labute approximate surface area is 218 Å². The number of benzene rings is 2. The predicted octanol–water partition coefficient (Wildman–Crippen LogP) is 5.96. The number of nitrogens with zero attached hydrogens (tertiary/aromatic N) is 4. The number of amides is 1. The van der Waals surface area contributed by atoms with Crippen molar-refractivity contribution in [2.24, 2.45) is 0 Å². The van der Waals surface area contributed by atoms with Crippen LogP contribution in [0.4, 0.5) is 5.13 Å². The zero-order chi connectivity index (χ0) is 25.2. The van der Waals surface area contributed by atoms with Crippen molar-refractivity contribution in [2.75, 3.05) is 11.9 Å². The van der Waals surface area contributed by atoms with E-state index in [0.29, 0.717) is 23.4 Å². The SMILES string of the molecule is Cc1ccc(OCCCn2cccc2/C=C(/C#N)C(=O)Nc2nc(SCc3ccccc3)ns2)cc1. The van der Waals surface area contributed by atoms with Crippen molar-refractivity contribution < 1.29 is 9.53 Å². The molecule has 182 valence electrons. The molecule has 4 aromatic rings. The monoisotopic (exact) mass is 515 g/mol. The Morgan fingerprint density at radius 1 is 1.17 bits per heavy atom. The third kappa shape index (κ3) is 7.31. The van der Waals surface area contributed by atoms with Gasteiger partial charge in [0.05, 0.1) is 6.61 Å². The van der Waals surface area contributed by atoms with Gasteiger partial charge in [0.15, 0.2) is 0 Å². The minimum atomic E-state index is -0.510. The molecule has 1 amide bonds. The molecule has 0 radical (unpaired) electrons. The second-order valence-corrected chi connectivity index (χ2v) is 9.62. The molecule has 0 atom stereocenters. The van der Waals surface area contributed by atoms with Crippen LogP contribution in [-0.4, -0.2) is 26.4 Å². The summed E-state index contributed by atoms with van der Waals surface area (Å²) >= 11 is 2.59. The van der Waals surface area contributed by atoms with E-state index in [4.69, 9.17) is 4.74 Å². The van der Waals surface area contributed by atoms with E-state index in [2.05, 4.69) is 14.7 Å². The van der Waals surface area contributed by atoms with Gasteiger partial charge < -0.3 is 9.30 Å². The standard InChI is InChI=1S/C27H25N5O2S2/c1-20-10-12-24(13-11-20)34-16-6-15-32-14-5-9-23(32)17-22(18-28)25(33)29-26-30-27(31-36-26)35-19-21-7-3-2-4-8-21/h2-5,7-14,17H,6,15-16,19H2,1H3,(H,29,30,31,33)/b22-17-. The molecule has 0 saturated carbocycles. The molecule has 0 fully saturated rings. The topological polar surface area (TPSA) is 92.8 Å². The Morgan fingerprint density at radius 2 is 1.97 bits per heavy atom. The van der Waals surface area contributed by atoms with Gasteiger partial charge >= 0.3 is 0 Å². The van der Waals surface area contributed by atoms with Gasteiger partial charge in [0.1, 0.15) is 17.4 Å². The van der Waals surface area contributed by atoms with Crippen molar-refractivity contribution in [3.05, 3.63) is 95.3 Å². The molecular formula is C27H25N5O2S2.